The van der Waals surface area contributed by atoms with Crippen LogP contribution in [0.2, 0.25) is 0 Å². The minimum atomic E-state index is -4.39. The van der Waals surface area contributed by atoms with E-state index in [2.05, 4.69) is 9.97 Å². The van der Waals surface area contributed by atoms with Gasteiger partial charge in [0.05, 0.1) is 22.3 Å². The van der Waals surface area contributed by atoms with Crippen LogP contribution in [-0.4, -0.2) is 20.9 Å². The van der Waals surface area contributed by atoms with Gasteiger partial charge in [-0.3, -0.25) is 4.79 Å². The Morgan fingerprint density at radius 1 is 0.644 bits per heavy atom. The smallest absolute Gasteiger partial charge is 0.416 e. The van der Waals surface area contributed by atoms with Crippen LogP contribution in [0.15, 0.2) is 93.8 Å². The Balaban J connectivity index is 0.000000178. The molecule has 1 N–H and O–H groups in total. The van der Waals surface area contributed by atoms with Crippen LogP contribution < -0.4 is 0 Å². The van der Waals surface area contributed by atoms with Gasteiger partial charge >= 0.3 is 12.4 Å². The molecule has 6 rings (SSSR count). The molecule has 0 radical (unpaired) electrons. The van der Waals surface area contributed by atoms with Crippen LogP contribution in [0.4, 0.5) is 26.3 Å². The lowest BCUT2D eigenvalue weighted by Crippen LogP contribution is -2.15. The number of oxazole rings is 2. The number of fused-ring (bicyclic) bond motifs is 2. The maximum Gasteiger partial charge on any atom is 0.416 e. The number of alkyl halides is 6. The number of aromatic nitrogens is 2. The molecule has 0 atom stereocenters. The Labute approximate surface area is 252 Å². The van der Waals surface area contributed by atoms with Crippen LogP contribution in [0, 0.1) is 0 Å². The Morgan fingerprint density at radius 3 is 1.49 bits per heavy atom. The number of benzene rings is 4. The first kappa shape index (κ1) is 31.5. The fourth-order valence-corrected chi connectivity index (χ4v) is 4.51. The highest BCUT2D eigenvalue weighted by Crippen LogP contribution is 2.35. The molecular weight excluding hydrogens is 602 g/mol. The standard InChI is InChI=1S/C17H14F3NO2.C16H10F3NO2/c1-16(2,22)12-4-3-5-13-14(12)23-15(21-13)10-6-8-11(9-7-10)17(18,19)20;1-9(21)12-3-2-4-13-14(12)22-15(20-13)10-5-7-11(8-6-10)16(17,18)19/h3-9,22H,1-2H3;2-8H,1H3. The van der Waals surface area contributed by atoms with Crippen molar-refractivity contribution in [1.82, 2.24) is 9.97 Å². The van der Waals surface area contributed by atoms with Gasteiger partial charge in [-0.1, -0.05) is 18.2 Å². The summed E-state index contributed by atoms with van der Waals surface area (Å²) in [4.78, 5) is 20.1. The first-order chi connectivity index (χ1) is 21.0. The van der Waals surface area contributed by atoms with Gasteiger partial charge in [0.1, 0.15) is 11.0 Å². The fourth-order valence-electron chi connectivity index (χ4n) is 4.51. The van der Waals surface area contributed by atoms with E-state index < -0.39 is 29.1 Å². The average Bonchev–Trinajstić information content (AvgIpc) is 3.61. The highest BCUT2D eigenvalue weighted by molar-refractivity contribution is 6.04. The molecule has 4 aromatic carbocycles. The van der Waals surface area contributed by atoms with E-state index >= 15 is 0 Å². The third kappa shape index (κ3) is 6.75. The number of para-hydroxylation sites is 2. The summed E-state index contributed by atoms with van der Waals surface area (Å²) in [6, 6.07) is 19.3. The van der Waals surface area contributed by atoms with Crippen molar-refractivity contribution in [2.75, 3.05) is 0 Å². The number of ketones is 1. The third-order valence-corrected chi connectivity index (χ3v) is 6.79. The summed E-state index contributed by atoms with van der Waals surface area (Å²) >= 11 is 0. The van der Waals surface area contributed by atoms with Gasteiger partial charge in [-0.25, -0.2) is 9.97 Å². The second kappa shape index (κ2) is 11.5. The zero-order valence-corrected chi connectivity index (χ0v) is 23.9. The number of carbonyl (C=O) groups excluding carboxylic acids is 1. The summed E-state index contributed by atoms with van der Waals surface area (Å²) in [7, 11) is 0. The van der Waals surface area contributed by atoms with Crippen LogP contribution in [0.5, 0.6) is 0 Å². The second-order valence-corrected chi connectivity index (χ2v) is 10.6. The summed E-state index contributed by atoms with van der Waals surface area (Å²) in [6.45, 7) is 4.67. The molecule has 0 spiro atoms. The van der Waals surface area contributed by atoms with Gasteiger partial charge in [0.2, 0.25) is 11.8 Å². The summed E-state index contributed by atoms with van der Waals surface area (Å²) < 4.78 is 86.7. The molecule has 232 valence electrons. The minimum Gasteiger partial charge on any atom is -0.436 e. The number of rotatable bonds is 4. The number of halogens is 6. The average molecular weight is 627 g/mol. The Bertz CT molecular complexity index is 1980. The van der Waals surface area contributed by atoms with Gasteiger partial charge in [-0.05, 0) is 87.5 Å². The van der Waals surface area contributed by atoms with Gasteiger partial charge in [0, 0.05) is 16.7 Å². The fraction of sp³-hybridized carbons (Fsp3) is 0.182. The highest BCUT2D eigenvalue weighted by Gasteiger charge is 2.31. The van der Waals surface area contributed by atoms with Gasteiger partial charge < -0.3 is 13.9 Å². The summed E-state index contributed by atoms with van der Waals surface area (Å²) in [5, 5.41) is 10.2. The zero-order valence-electron chi connectivity index (χ0n) is 23.9. The van der Waals surface area contributed by atoms with E-state index in [1.54, 1.807) is 50.2 Å². The van der Waals surface area contributed by atoms with Gasteiger partial charge in [-0.2, -0.15) is 26.3 Å². The maximum absolute atomic E-state index is 12.6. The molecule has 6 nitrogen and oxygen atoms in total. The monoisotopic (exact) mass is 626 g/mol. The Hall–Kier alpha value is -4.97. The van der Waals surface area contributed by atoms with Gasteiger partial charge in [-0.15, -0.1) is 0 Å². The molecule has 0 fully saturated rings. The second-order valence-electron chi connectivity index (χ2n) is 10.6. The van der Waals surface area contributed by atoms with E-state index in [0.29, 0.717) is 44.5 Å². The molecular formula is C33H24F6N2O4. The molecule has 0 aliphatic carbocycles. The van der Waals surface area contributed by atoms with Crippen molar-refractivity contribution < 1.29 is 45.1 Å². The summed E-state index contributed by atoms with van der Waals surface area (Å²) in [5.41, 5.74) is 1.03. The molecule has 0 unspecified atom stereocenters. The lowest BCUT2D eigenvalue weighted by Gasteiger charge is -2.17. The molecule has 0 saturated carbocycles. The third-order valence-electron chi connectivity index (χ3n) is 6.79. The van der Waals surface area contributed by atoms with Crippen molar-refractivity contribution in [3.05, 3.63) is 107 Å². The Kier molecular flexibility index (Phi) is 8.05. The van der Waals surface area contributed by atoms with Crippen LogP contribution >= 0.6 is 0 Å². The topological polar surface area (TPSA) is 89.4 Å². The lowest BCUT2D eigenvalue weighted by molar-refractivity contribution is -0.138. The molecule has 45 heavy (non-hydrogen) atoms. The van der Waals surface area contributed by atoms with Crippen LogP contribution in [0.3, 0.4) is 0 Å². The zero-order chi connectivity index (χ0) is 32.7. The molecule has 0 aliphatic heterocycles. The molecule has 0 amide bonds. The van der Waals surface area contributed by atoms with E-state index in [-0.39, 0.29) is 17.6 Å². The molecule has 0 bridgehead atoms. The lowest BCUT2D eigenvalue weighted by atomic mass is 9.98. The van der Waals surface area contributed by atoms with E-state index in [9.17, 15) is 36.2 Å². The summed E-state index contributed by atoms with van der Waals surface area (Å²) in [5.74, 6) is 0.226. The quantitative estimate of drug-likeness (QED) is 0.155. The predicted octanol–water partition coefficient (Wildman–Crippen LogP) is 9.46. The van der Waals surface area contributed by atoms with Crippen molar-refractivity contribution in [2.24, 2.45) is 0 Å². The van der Waals surface area contributed by atoms with E-state index in [4.69, 9.17) is 8.83 Å². The van der Waals surface area contributed by atoms with Crippen molar-refractivity contribution in [1.29, 1.82) is 0 Å². The van der Waals surface area contributed by atoms with Gasteiger partial charge in [0.15, 0.2) is 16.9 Å². The van der Waals surface area contributed by atoms with E-state index in [1.807, 2.05) is 0 Å². The highest BCUT2D eigenvalue weighted by atomic mass is 19.4. The van der Waals surface area contributed by atoms with Crippen LogP contribution in [0.25, 0.3) is 45.1 Å². The number of carbonyl (C=O) groups is 1. The minimum absolute atomic E-state index is 0.166. The van der Waals surface area contributed by atoms with E-state index in [0.717, 1.165) is 24.3 Å². The van der Waals surface area contributed by atoms with Crippen molar-refractivity contribution in [3.8, 4) is 22.9 Å². The van der Waals surface area contributed by atoms with Crippen LogP contribution in [0.1, 0.15) is 47.8 Å². The number of hydrogen-bond donors (Lipinski definition) is 1. The molecule has 0 saturated heterocycles. The number of hydrogen-bond acceptors (Lipinski definition) is 6. The first-order valence-electron chi connectivity index (χ1n) is 13.4. The SMILES string of the molecule is CC(=O)c1cccc2nc(-c3ccc(C(F)(F)F)cc3)oc12.CC(C)(O)c1cccc2nc(-c3ccc(C(F)(F)F)cc3)oc12. The number of nitrogens with zero attached hydrogens (tertiary/aromatic N) is 2. The molecule has 2 heterocycles. The van der Waals surface area contributed by atoms with Crippen molar-refractivity contribution >= 4 is 28.0 Å². The van der Waals surface area contributed by atoms with Crippen molar-refractivity contribution in [2.45, 2.75) is 38.7 Å². The summed E-state index contributed by atoms with van der Waals surface area (Å²) in [6.07, 6.45) is -8.77. The molecule has 12 heteroatoms. The Morgan fingerprint density at radius 2 is 1.07 bits per heavy atom. The molecule has 6 aromatic rings. The largest absolute Gasteiger partial charge is 0.436 e. The molecule has 2 aromatic heterocycles. The number of Topliss-reactive ketones (excluding diaryl/α,β-unsaturated/α-hetero) is 1. The van der Waals surface area contributed by atoms with E-state index in [1.165, 1.54) is 31.2 Å². The van der Waals surface area contributed by atoms with Gasteiger partial charge in [0.25, 0.3) is 0 Å². The maximum atomic E-state index is 12.6. The first-order valence-corrected chi connectivity index (χ1v) is 13.4. The normalized spacial score (nSPS) is 12.3. The predicted molar refractivity (Wildman–Crippen MR) is 154 cm³/mol. The molecule has 0 aliphatic rings. The van der Waals surface area contributed by atoms with Crippen molar-refractivity contribution in [3.63, 3.8) is 0 Å². The van der Waals surface area contributed by atoms with Crippen LogP contribution in [-0.2, 0) is 18.0 Å². The number of aliphatic hydroxyl groups is 1.